The van der Waals surface area contributed by atoms with E-state index in [1.807, 2.05) is 0 Å². The van der Waals surface area contributed by atoms with Crippen molar-refractivity contribution in [1.82, 2.24) is 20.3 Å². The van der Waals surface area contributed by atoms with Gasteiger partial charge in [-0.2, -0.15) is 15.0 Å². The fraction of sp³-hybridized carbons (Fsp3) is 0.667. The summed E-state index contributed by atoms with van der Waals surface area (Å²) in [4.78, 5) is 23.6. The molecule has 0 aromatic carbocycles. The number of nitrogens with zero attached hydrogens (tertiary/aromatic N) is 3. The van der Waals surface area contributed by atoms with Gasteiger partial charge in [-0.15, -0.1) is 0 Å². The van der Waals surface area contributed by atoms with Crippen LogP contribution < -0.4 is 20.7 Å². The lowest BCUT2D eigenvalue weighted by molar-refractivity contribution is -0.119. The highest BCUT2D eigenvalue weighted by molar-refractivity contribution is 5.78. The summed E-state index contributed by atoms with van der Waals surface area (Å²) < 4.78 is 5.05. The normalized spacial score (nSPS) is 17.7. The second-order valence-electron chi connectivity index (χ2n) is 4.58. The molecule has 1 unspecified atom stereocenters. The molecular weight excluding hydrogens is 260 g/mol. The van der Waals surface area contributed by atoms with Crippen LogP contribution in [0.1, 0.15) is 26.2 Å². The number of aromatic nitrogens is 3. The van der Waals surface area contributed by atoms with Gasteiger partial charge in [0.25, 0.3) is 0 Å². The van der Waals surface area contributed by atoms with Crippen LogP contribution in [-0.2, 0) is 4.79 Å². The molecule has 1 aromatic rings. The molecular formula is C12H20N6O2. The third-order valence-corrected chi connectivity index (χ3v) is 2.92. The Kier molecular flexibility index (Phi) is 4.91. The van der Waals surface area contributed by atoms with Crippen molar-refractivity contribution in [3.63, 3.8) is 0 Å². The molecule has 0 bridgehead atoms. The number of ether oxygens (including phenoxy) is 1. The van der Waals surface area contributed by atoms with Gasteiger partial charge < -0.3 is 20.7 Å². The molecule has 2 heterocycles. The third-order valence-electron chi connectivity index (χ3n) is 2.92. The maximum Gasteiger partial charge on any atom is 0.322 e. The largest absolute Gasteiger partial charge is 0.467 e. The van der Waals surface area contributed by atoms with Crippen LogP contribution in [0.3, 0.4) is 0 Å². The highest BCUT2D eigenvalue weighted by Crippen LogP contribution is 2.12. The molecule has 1 aliphatic heterocycles. The van der Waals surface area contributed by atoms with E-state index in [9.17, 15) is 4.79 Å². The predicted molar refractivity (Wildman–Crippen MR) is 74.8 cm³/mol. The van der Waals surface area contributed by atoms with E-state index in [2.05, 4.69) is 37.8 Å². The molecule has 1 aromatic heterocycles. The topological polar surface area (TPSA) is 101 Å². The van der Waals surface area contributed by atoms with Gasteiger partial charge in [0.1, 0.15) is 0 Å². The minimum absolute atomic E-state index is 0.0929. The Morgan fingerprint density at radius 3 is 2.65 bits per heavy atom. The number of anilines is 2. The number of methoxy groups -OCH3 is 1. The first-order valence-corrected chi connectivity index (χ1v) is 6.78. The summed E-state index contributed by atoms with van der Waals surface area (Å²) in [6, 6.07) is 0.383. The van der Waals surface area contributed by atoms with Gasteiger partial charge in [0, 0.05) is 25.6 Å². The molecule has 8 heteroatoms. The standard InChI is InChI=1S/C12H20N6O2/c1-3-6-13-10-16-11(18-12(17-10)20-2)14-7-8-4-5-9(19)15-8/h8H,3-7H2,1-2H3,(H,15,19)(H2,13,14,16,17,18). The Morgan fingerprint density at radius 1 is 1.30 bits per heavy atom. The first-order chi connectivity index (χ1) is 9.71. The van der Waals surface area contributed by atoms with Gasteiger partial charge in [-0.1, -0.05) is 6.92 Å². The lowest BCUT2D eigenvalue weighted by Crippen LogP contribution is -2.32. The van der Waals surface area contributed by atoms with E-state index >= 15 is 0 Å². The van der Waals surface area contributed by atoms with E-state index in [0.717, 1.165) is 19.4 Å². The van der Waals surface area contributed by atoms with Gasteiger partial charge in [-0.3, -0.25) is 4.79 Å². The smallest absolute Gasteiger partial charge is 0.322 e. The van der Waals surface area contributed by atoms with Gasteiger partial charge in [-0.05, 0) is 12.8 Å². The van der Waals surface area contributed by atoms with Crippen LogP contribution in [0.15, 0.2) is 0 Å². The Morgan fingerprint density at radius 2 is 2.05 bits per heavy atom. The zero-order chi connectivity index (χ0) is 14.4. The van der Waals surface area contributed by atoms with E-state index in [-0.39, 0.29) is 18.0 Å². The van der Waals surface area contributed by atoms with Crippen LogP contribution >= 0.6 is 0 Å². The molecule has 1 saturated heterocycles. The number of nitrogens with one attached hydrogen (secondary N) is 3. The SMILES string of the molecule is CCCNc1nc(NCC2CCC(=O)N2)nc(OC)n1. The molecule has 0 aliphatic carbocycles. The molecule has 0 saturated carbocycles. The van der Waals surface area contributed by atoms with Crippen LogP contribution in [0.2, 0.25) is 0 Å². The highest BCUT2D eigenvalue weighted by Gasteiger charge is 2.20. The van der Waals surface area contributed by atoms with E-state index in [4.69, 9.17) is 4.74 Å². The van der Waals surface area contributed by atoms with E-state index in [1.165, 1.54) is 7.11 Å². The second kappa shape index (κ2) is 6.88. The van der Waals surface area contributed by atoms with Gasteiger partial charge in [0.05, 0.1) is 7.11 Å². The van der Waals surface area contributed by atoms with E-state index < -0.39 is 0 Å². The average Bonchev–Trinajstić information content (AvgIpc) is 2.88. The molecule has 2 rings (SSSR count). The fourth-order valence-electron chi connectivity index (χ4n) is 1.89. The number of amides is 1. The van der Waals surface area contributed by atoms with Crippen molar-refractivity contribution in [3.05, 3.63) is 0 Å². The van der Waals surface area contributed by atoms with Crippen molar-refractivity contribution >= 4 is 17.8 Å². The van der Waals surface area contributed by atoms with Crippen molar-refractivity contribution in [3.8, 4) is 6.01 Å². The second-order valence-corrected chi connectivity index (χ2v) is 4.58. The molecule has 0 spiro atoms. The predicted octanol–water partition coefficient (Wildman–Crippen LogP) is 0.393. The molecule has 1 amide bonds. The van der Waals surface area contributed by atoms with Crippen molar-refractivity contribution in [2.45, 2.75) is 32.2 Å². The highest BCUT2D eigenvalue weighted by atomic mass is 16.5. The lowest BCUT2D eigenvalue weighted by Gasteiger charge is -2.12. The number of carbonyl (C=O) groups is 1. The minimum Gasteiger partial charge on any atom is -0.467 e. The van der Waals surface area contributed by atoms with Crippen molar-refractivity contribution in [1.29, 1.82) is 0 Å². The van der Waals surface area contributed by atoms with Gasteiger partial charge in [0.15, 0.2) is 0 Å². The summed E-state index contributed by atoms with van der Waals surface area (Å²) >= 11 is 0. The zero-order valence-electron chi connectivity index (χ0n) is 11.8. The van der Waals surface area contributed by atoms with E-state index in [0.29, 0.717) is 24.9 Å². The monoisotopic (exact) mass is 280 g/mol. The molecule has 1 atom stereocenters. The summed E-state index contributed by atoms with van der Waals surface area (Å²) in [7, 11) is 1.51. The molecule has 1 aliphatic rings. The van der Waals surface area contributed by atoms with Crippen LogP contribution in [0.25, 0.3) is 0 Å². The number of hydrogen-bond acceptors (Lipinski definition) is 7. The summed E-state index contributed by atoms with van der Waals surface area (Å²) in [6.07, 6.45) is 2.38. The van der Waals surface area contributed by atoms with Crippen LogP contribution in [0.4, 0.5) is 11.9 Å². The Balaban J connectivity index is 1.96. The van der Waals surface area contributed by atoms with Crippen LogP contribution in [0, 0.1) is 0 Å². The molecule has 0 radical (unpaired) electrons. The molecule has 3 N–H and O–H groups in total. The van der Waals surface area contributed by atoms with Crippen molar-refractivity contribution in [2.75, 3.05) is 30.8 Å². The minimum atomic E-state index is 0.0929. The van der Waals surface area contributed by atoms with E-state index in [1.54, 1.807) is 0 Å². The number of rotatable bonds is 7. The van der Waals surface area contributed by atoms with Crippen LogP contribution in [-0.4, -0.2) is 47.1 Å². The summed E-state index contributed by atoms with van der Waals surface area (Å²) in [5.41, 5.74) is 0. The summed E-state index contributed by atoms with van der Waals surface area (Å²) in [5, 5.41) is 9.08. The quantitative estimate of drug-likeness (QED) is 0.664. The summed E-state index contributed by atoms with van der Waals surface area (Å²) in [5.74, 6) is 1.02. The Bertz CT molecular complexity index is 467. The Labute approximate surface area is 117 Å². The first-order valence-electron chi connectivity index (χ1n) is 6.78. The Hall–Kier alpha value is -2.12. The maximum atomic E-state index is 11.1. The molecule has 20 heavy (non-hydrogen) atoms. The zero-order valence-corrected chi connectivity index (χ0v) is 11.8. The van der Waals surface area contributed by atoms with Crippen molar-refractivity contribution in [2.24, 2.45) is 0 Å². The van der Waals surface area contributed by atoms with Crippen LogP contribution in [0.5, 0.6) is 6.01 Å². The average molecular weight is 280 g/mol. The number of hydrogen-bond donors (Lipinski definition) is 3. The third kappa shape index (κ3) is 3.94. The molecule has 1 fully saturated rings. The van der Waals surface area contributed by atoms with Gasteiger partial charge in [-0.25, -0.2) is 0 Å². The van der Waals surface area contributed by atoms with Gasteiger partial charge >= 0.3 is 6.01 Å². The maximum absolute atomic E-state index is 11.1. The molecule has 8 nitrogen and oxygen atoms in total. The lowest BCUT2D eigenvalue weighted by atomic mass is 10.2. The summed E-state index contributed by atoms with van der Waals surface area (Å²) in [6.45, 7) is 3.44. The number of carbonyl (C=O) groups excluding carboxylic acids is 1. The first kappa shape index (κ1) is 14.3. The van der Waals surface area contributed by atoms with Crippen molar-refractivity contribution < 1.29 is 9.53 Å². The molecule has 110 valence electrons. The fourth-order valence-corrected chi connectivity index (χ4v) is 1.89. The van der Waals surface area contributed by atoms with Gasteiger partial charge in [0.2, 0.25) is 17.8 Å².